The maximum Gasteiger partial charge on any atom is 0.288 e. The van der Waals surface area contributed by atoms with Crippen molar-refractivity contribution in [2.75, 3.05) is 0 Å². The minimum absolute atomic E-state index is 0.0456. The van der Waals surface area contributed by atoms with E-state index in [1.54, 1.807) is 17.0 Å². The molecule has 4 aromatic rings. The number of carbonyl (C=O) groups excluding carboxylic acids is 1. The van der Waals surface area contributed by atoms with Crippen molar-refractivity contribution in [2.24, 2.45) is 0 Å². The summed E-state index contributed by atoms with van der Waals surface area (Å²) >= 11 is 0. The van der Waals surface area contributed by atoms with Crippen LogP contribution < -0.4 is 10.9 Å². The Hall–Kier alpha value is -3.48. The molecule has 0 unspecified atom stereocenters. The summed E-state index contributed by atoms with van der Waals surface area (Å²) < 4.78 is 1.72. The van der Waals surface area contributed by atoms with Gasteiger partial charge in [-0.15, -0.1) is 0 Å². The molecule has 0 aliphatic heterocycles. The first-order chi connectivity index (χ1) is 12.2. The van der Waals surface area contributed by atoms with Gasteiger partial charge in [-0.05, 0) is 18.2 Å². The predicted octanol–water partition coefficient (Wildman–Crippen LogP) is 1.59. The van der Waals surface area contributed by atoms with Crippen LogP contribution in [0.2, 0.25) is 0 Å². The van der Waals surface area contributed by atoms with E-state index in [9.17, 15) is 9.59 Å². The fraction of sp³-hybridized carbons (Fsp3) is 0.111. The summed E-state index contributed by atoms with van der Waals surface area (Å²) in [5.41, 5.74) is 1.74. The van der Waals surface area contributed by atoms with Gasteiger partial charge in [0.25, 0.3) is 5.56 Å². The van der Waals surface area contributed by atoms with E-state index in [2.05, 4.69) is 20.5 Å². The van der Waals surface area contributed by atoms with Gasteiger partial charge >= 0.3 is 0 Å². The fourth-order valence-electron chi connectivity index (χ4n) is 2.97. The van der Waals surface area contributed by atoms with Crippen molar-refractivity contribution >= 4 is 27.7 Å². The van der Waals surface area contributed by atoms with Crippen LogP contribution >= 0.6 is 0 Å². The molecule has 25 heavy (non-hydrogen) atoms. The van der Waals surface area contributed by atoms with E-state index in [1.165, 1.54) is 0 Å². The maximum absolute atomic E-state index is 12.4. The smallest absolute Gasteiger partial charge is 0.288 e. The highest BCUT2D eigenvalue weighted by Gasteiger charge is 2.15. The number of para-hydroxylation sites is 1. The number of hydrogen-bond donors (Lipinski definition) is 2. The second-order valence-corrected chi connectivity index (χ2v) is 5.66. The van der Waals surface area contributed by atoms with Crippen molar-refractivity contribution in [3.05, 3.63) is 70.9 Å². The second kappa shape index (κ2) is 6.20. The van der Waals surface area contributed by atoms with Gasteiger partial charge in [0.2, 0.25) is 5.91 Å². The van der Waals surface area contributed by atoms with Crippen molar-refractivity contribution in [2.45, 2.75) is 13.1 Å². The zero-order valence-corrected chi connectivity index (χ0v) is 13.3. The zero-order chi connectivity index (χ0) is 17.2. The van der Waals surface area contributed by atoms with Gasteiger partial charge < -0.3 is 9.88 Å². The number of amides is 1. The highest BCUT2D eigenvalue weighted by molar-refractivity contribution is 6.07. The van der Waals surface area contributed by atoms with Crippen molar-refractivity contribution in [1.82, 2.24) is 25.1 Å². The summed E-state index contributed by atoms with van der Waals surface area (Å²) in [5, 5.41) is 10.8. The molecule has 1 amide bonds. The Kier molecular flexibility index (Phi) is 3.74. The summed E-state index contributed by atoms with van der Waals surface area (Å²) in [5.74, 6) is -0.190. The molecule has 4 rings (SSSR count). The van der Waals surface area contributed by atoms with Gasteiger partial charge in [-0.1, -0.05) is 24.3 Å². The average Bonchev–Trinajstić information content (AvgIpc) is 2.96. The van der Waals surface area contributed by atoms with E-state index < -0.39 is 0 Å². The van der Waals surface area contributed by atoms with Crippen LogP contribution in [-0.2, 0) is 17.9 Å². The summed E-state index contributed by atoms with van der Waals surface area (Å²) in [4.78, 5) is 28.8. The van der Waals surface area contributed by atoms with Crippen LogP contribution in [0, 0.1) is 0 Å². The Morgan fingerprint density at radius 3 is 2.80 bits per heavy atom. The quantitative estimate of drug-likeness (QED) is 0.593. The van der Waals surface area contributed by atoms with Gasteiger partial charge in [0, 0.05) is 22.5 Å². The first kappa shape index (κ1) is 15.1. The molecule has 0 aliphatic rings. The third-order valence-electron chi connectivity index (χ3n) is 4.08. The van der Waals surface area contributed by atoms with Gasteiger partial charge in [0.1, 0.15) is 12.1 Å². The Balaban J connectivity index is 1.68. The lowest BCUT2D eigenvalue weighted by Crippen LogP contribution is -2.28. The van der Waals surface area contributed by atoms with Gasteiger partial charge in [-0.2, -0.15) is 5.10 Å². The van der Waals surface area contributed by atoms with Crippen LogP contribution in [0.5, 0.6) is 0 Å². The average molecular weight is 333 g/mol. The molecule has 1 aromatic carbocycles. The number of hydrogen-bond acceptors (Lipinski definition) is 4. The van der Waals surface area contributed by atoms with E-state index in [4.69, 9.17) is 0 Å². The van der Waals surface area contributed by atoms with E-state index in [1.807, 2.05) is 42.5 Å². The third kappa shape index (κ3) is 2.76. The number of fused-ring (bicyclic) bond motifs is 3. The third-order valence-corrected chi connectivity index (χ3v) is 4.08. The fourth-order valence-corrected chi connectivity index (χ4v) is 2.97. The SMILES string of the molecule is O=C(Cn1c2ccccc2c2cn[nH]c(=O)c21)NCc1ccccn1. The number of rotatable bonds is 4. The minimum Gasteiger partial charge on any atom is -0.349 e. The standard InChI is InChI=1S/C18H15N5O2/c24-16(20-9-12-5-3-4-8-19-12)11-23-15-7-2-1-6-13(15)14-10-21-22-18(25)17(14)23/h1-8,10H,9,11H2,(H,20,24)(H,22,25). The molecular formula is C18H15N5O2. The van der Waals surface area contributed by atoms with Crippen LogP contribution in [0.1, 0.15) is 5.69 Å². The van der Waals surface area contributed by atoms with Gasteiger partial charge in [-0.25, -0.2) is 5.10 Å². The Morgan fingerprint density at radius 1 is 1.12 bits per heavy atom. The van der Waals surface area contributed by atoms with E-state index in [0.29, 0.717) is 12.1 Å². The Labute approximate surface area is 142 Å². The van der Waals surface area contributed by atoms with Crippen LogP contribution in [0.3, 0.4) is 0 Å². The molecule has 0 radical (unpaired) electrons. The summed E-state index contributed by atoms with van der Waals surface area (Å²) in [7, 11) is 0. The molecule has 0 spiro atoms. The van der Waals surface area contributed by atoms with Crippen molar-refractivity contribution in [1.29, 1.82) is 0 Å². The number of nitrogens with one attached hydrogen (secondary N) is 2. The summed E-state index contributed by atoms with van der Waals surface area (Å²) in [6.45, 7) is 0.388. The monoisotopic (exact) mass is 333 g/mol. The largest absolute Gasteiger partial charge is 0.349 e. The number of benzene rings is 1. The highest BCUT2D eigenvalue weighted by atomic mass is 16.2. The highest BCUT2D eigenvalue weighted by Crippen LogP contribution is 2.25. The van der Waals surface area contributed by atoms with Crippen LogP contribution in [0.4, 0.5) is 0 Å². The van der Waals surface area contributed by atoms with Gasteiger partial charge in [-0.3, -0.25) is 14.6 Å². The molecule has 0 aliphatic carbocycles. The van der Waals surface area contributed by atoms with Crippen molar-refractivity contribution in [3.8, 4) is 0 Å². The molecule has 124 valence electrons. The van der Waals surface area contributed by atoms with E-state index in [0.717, 1.165) is 22.0 Å². The lowest BCUT2D eigenvalue weighted by atomic mass is 10.2. The normalized spacial score (nSPS) is 11.0. The van der Waals surface area contributed by atoms with E-state index in [-0.39, 0.29) is 18.0 Å². The van der Waals surface area contributed by atoms with E-state index >= 15 is 0 Å². The van der Waals surface area contributed by atoms with Crippen LogP contribution in [-0.4, -0.2) is 25.7 Å². The van der Waals surface area contributed by atoms with Crippen molar-refractivity contribution < 1.29 is 4.79 Å². The van der Waals surface area contributed by atoms with Gasteiger partial charge in [0.15, 0.2) is 0 Å². The number of carbonyl (C=O) groups is 1. The summed E-state index contributed by atoms with van der Waals surface area (Å²) in [6, 6.07) is 13.1. The Morgan fingerprint density at radius 2 is 1.96 bits per heavy atom. The number of pyridine rings is 1. The summed E-state index contributed by atoms with van der Waals surface area (Å²) in [6.07, 6.45) is 3.29. The lowest BCUT2D eigenvalue weighted by molar-refractivity contribution is -0.121. The first-order valence-electron chi connectivity index (χ1n) is 7.85. The second-order valence-electron chi connectivity index (χ2n) is 5.66. The topological polar surface area (TPSA) is 92.7 Å². The zero-order valence-electron chi connectivity index (χ0n) is 13.3. The van der Waals surface area contributed by atoms with Crippen LogP contribution in [0.15, 0.2) is 59.7 Å². The molecule has 7 heteroatoms. The molecular weight excluding hydrogens is 318 g/mol. The molecule has 0 saturated heterocycles. The number of nitrogens with zero attached hydrogens (tertiary/aromatic N) is 3. The number of aromatic nitrogens is 4. The maximum atomic E-state index is 12.4. The molecule has 3 aromatic heterocycles. The molecule has 0 fully saturated rings. The molecule has 0 bridgehead atoms. The predicted molar refractivity (Wildman–Crippen MR) is 93.9 cm³/mol. The molecule has 0 atom stereocenters. The van der Waals surface area contributed by atoms with Crippen molar-refractivity contribution in [3.63, 3.8) is 0 Å². The molecule has 0 saturated carbocycles. The lowest BCUT2D eigenvalue weighted by Gasteiger charge is -2.08. The van der Waals surface area contributed by atoms with Gasteiger partial charge in [0.05, 0.1) is 18.4 Å². The molecule has 2 N–H and O–H groups in total. The van der Waals surface area contributed by atoms with Crippen LogP contribution in [0.25, 0.3) is 21.8 Å². The first-order valence-corrected chi connectivity index (χ1v) is 7.85. The molecule has 7 nitrogen and oxygen atoms in total. The Bertz CT molecular complexity index is 1110. The number of aromatic amines is 1. The minimum atomic E-state index is -0.314. The molecule has 3 heterocycles. The number of H-pyrrole nitrogens is 1.